The molecule has 0 radical (unpaired) electrons. The number of ether oxygens (including phenoxy) is 3. The third-order valence-electron chi connectivity index (χ3n) is 7.89. The molecule has 2 saturated heterocycles. The van der Waals surface area contributed by atoms with Crippen molar-refractivity contribution in [2.45, 2.75) is 19.6 Å². The zero-order chi connectivity index (χ0) is 31.1. The van der Waals surface area contributed by atoms with Crippen molar-refractivity contribution in [2.75, 3.05) is 64.5 Å². The molecule has 2 aromatic heterocycles. The number of imidazole rings is 1. The zero-order valence-corrected chi connectivity index (χ0v) is 25.3. The monoisotopic (exact) mass is 615 g/mol. The van der Waals surface area contributed by atoms with Gasteiger partial charge in [-0.25, -0.2) is 19.3 Å². The molecule has 4 aromatic rings. The summed E-state index contributed by atoms with van der Waals surface area (Å²) >= 11 is 0. The van der Waals surface area contributed by atoms with E-state index in [2.05, 4.69) is 25.5 Å². The van der Waals surface area contributed by atoms with E-state index in [1.807, 2.05) is 25.1 Å². The van der Waals surface area contributed by atoms with Crippen LogP contribution in [0.15, 0.2) is 66.9 Å². The molecule has 2 aliphatic rings. The molecule has 12 heteroatoms. The van der Waals surface area contributed by atoms with Crippen LogP contribution in [0, 0.1) is 11.2 Å². The normalized spacial score (nSPS) is 20.5. The molecule has 0 bridgehead atoms. The maximum absolute atomic E-state index is 13.8. The Labute approximate surface area is 261 Å². The van der Waals surface area contributed by atoms with E-state index in [9.17, 15) is 9.18 Å². The molecular formula is C33H38FN7O4. The van der Waals surface area contributed by atoms with Crippen LogP contribution in [-0.2, 0) is 14.2 Å². The van der Waals surface area contributed by atoms with Crippen LogP contribution in [0.2, 0.25) is 0 Å². The lowest BCUT2D eigenvalue weighted by molar-refractivity contribution is -0.231. The Balaban J connectivity index is 1.14. The van der Waals surface area contributed by atoms with Crippen molar-refractivity contribution in [3.8, 4) is 22.6 Å². The van der Waals surface area contributed by atoms with Crippen LogP contribution < -0.4 is 10.6 Å². The lowest BCUT2D eigenvalue weighted by Crippen LogP contribution is -2.45. The SMILES string of the molecule is CC1(CNC(=O)c2ccccc2)COC(c2nc(-c3ccc(F)cc3)c(-c3ccnc(NCCCN4CCOCC4)n3)[nH]2)OC1. The summed E-state index contributed by atoms with van der Waals surface area (Å²) in [6.07, 6.45) is 1.90. The summed E-state index contributed by atoms with van der Waals surface area (Å²) in [5.41, 5.74) is 2.76. The molecule has 0 aliphatic carbocycles. The van der Waals surface area contributed by atoms with E-state index < -0.39 is 11.7 Å². The lowest BCUT2D eigenvalue weighted by Gasteiger charge is -2.36. The Morgan fingerprint density at radius 2 is 1.80 bits per heavy atom. The number of nitrogens with zero attached hydrogens (tertiary/aromatic N) is 4. The molecule has 0 unspecified atom stereocenters. The summed E-state index contributed by atoms with van der Waals surface area (Å²) in [5, 5.41) is 6.31. The van der Waals surface area contributed by atoms with Crippen LogP contribution >= 0.6 is 0 Å². The fourth-order valence-corrected chi connectivity index (χ4v) is 5.30. The van der Waals surface area contributed by atoms with Gasteiger partial charge in [-0.15, -0.1) is 0 Å². The van der Waals surface area contributed by atoms with Gasteiger partial charge in [0.05, 0.1) is 43.5 Å². The quantitative estimate of drug-likeness (QED) is 0.212. The highest BCUT2D eigenvalue weighted by Gasteiger charge is 2.35. The Kier molecular flexibility index (Phi) is 9.75. The molecule has 4 heterocycles. The van der Waals surface area contributed by atoms with Crippen molar-refractivity contribution in [1.29, 1.82) is 0 Å². The van der Waals surface area contributed by atoms with Gasteiger partial charge in [0.1, 0.15) is 5.82 Å². The molecule has 0 spiro atoms. The van der Waals surface area contributed by atoms with Gasteiger partial charge in [-0.3, -0.25) is 9.69 Å². The van der Waals surface area contributed by atoms with Gasteiger partial charge in [-0.2, -0.15) is 0 Å². The molecule has 2 aliphatic heterocycles. The van der Waals surface area contributed by atoms with Crippen molar-refractivity contribution in [3.63, 3.8) is 0 Å². The van der Waals surface area contributed by atoms with E-state index in [0.29, 0.717) is 54.2 Å². The minimum Gasteiger partial charge on any atom is -0.379 e. The Bertz CT molecular complexity index is 1550. The number of hydrogen-bond donors (Lipinski definition) is 3. The number of rotatable bonds is 11. The molecule has 3 N–H and O–H groups in total. The highest BCUT2D eigenvalue weighted by molar-refractivity contribution is 5.94. The van der Waals surface area contributed by atoms with Crippen LogP contribution in [0.25, 0.3) is 22.6 Å². The molecule has 2 aromatic carbocycles. The van der Waals surface area contributed by atoms with E-state index >= 15 is 0 Å². The molecule has 0 saturated carbocycles. The lowest BCUT2D eigenvalue weighted by atomic mass is 9.92. The van der Waals surface area contributed by atoms with Gasteiger partial charge in [0.15, 0.2) is 5.82 Å². The second-order valence-corrected chi connectivity index (χ2v) is 11.7. The molecule has 0 atom stereocenters. The third-order valence-corrected chi connectivity index (χ3v) is 7.89. The van der Waals surface area contributed by atoms with Gasteiger partial charge in [0, 0.05) is 48.9 Å². The number of benzene rings is 2. The predicted octanol–water partition coefficient (Wildman–Crippen LogP) is 4.29. The molecule has 11 nitrogen and oxygen atoms in total. The van der Waals surface area contributed by atoms with Crippen LogP contribution in [0.5, 0.6) is 0 Å². The fourth-order valence-electron chi connectivity index (χ4n) is 5.30. The number of carbonyl (C=O) groups excluding carboxylic acids is 1. The van der Waals surface area contributed by atoms with Gasteiger partial charge >= 0.3 is 0 Å². The standard InChI is InChI=1S/C33H38FN7O4/c1-33(20-37-30(42)24-6-3-2-4-7-24)21-44-31(45-22-33)29-39-27(23-8-10-25(34)11-9-23)28(40-29)26-12-14-36-32(38-26)35-13-5-15-41-16-18-43-19-17-41/h2-4,6-12,14,31H,5,13,15-22H2,1H3,(H,37,42)(H,39,40)(H,35,36,38). The summed E-state index contributed by atoms with van der Waals surface area (Å²) in [6.45, 7) is 8.28. The van der Waals surface area contributed by atoms with Gasteiger partial charge in [0.25, 0.3) is 5.91 Å². The van der Waals surface area contributed by atoms with Crippen LogP contribution in [-0.4, -0.2) is 89.9 Å². The van der Waals surface area contributed by atoms with Crippen molar-refractivity contribution in [2.24, 2.45) is 5.41 Å². The van der Waals surface area contributed by atoms with E-state index in [1.54, 1.807) is 36.5 Å². The summed E-state index contributed by atoms with van der Waals surface area (Å²) in [5.74, 6) is 0.501. The third kappa shape index (κ3) is 7.90. The zero-order valence-electron chi connectivity index (χ0n) is 25.3. The molecule has 1 amide bonds. The maximum Gasteiger partial charge on any atom is 0.251 e. The van der Waals surface area contributed by atoms with Gasteiger partial charge in [0.2, 0.25) is 12.2 Å². The number of H-pyrrole nitrogens is 1. The first kappa shape index (κ1) is 30.8. The highest BCUT2D eigenvalue weighted by Crippen LogP contribution is 2.35. The Hall–Kier alpha value is -4.23. The Morgan fingerprint density at radius 3 is 2.56 bits per heavy atom. The first-order valence-electron chi connectivity index (χ1n) is 15.3. The number of nitrogens with one attached hydrogen (secondary N) is 3. The van der Waals surface area contributed by atoms with Gasteiger partial charge in [-0.05, 0) is 55.4 Å². The first-order chi connectivity index (χ1) is 22.0. The largest absolute Gasteiger partial charge is 0.379 e. The Morgan fingerprint density at radius 1 is 1.04 bits per heavy atom. The minimum atomic E-state index is -0.754. The second kappa shape index (κ2) is 14.2. The first-order valence-corrected chi connectivity index (χ1v) is 15.3. The molecule has 45 heavy (non-hydrogen) atoms. The molecule has 2 fully saturated rings. The van der Waals surface area contributed by atoms with E-state index in [-0.39, 0.29) is 11.7 Å². The number of aromatic amines is 1. The average molecular weight is 616 g/mol. The number of halogens is 1. The fraction of sp³-hybridized carbons (Fsp3) is 0.394. The number of amides is 1. The summed E-state index contributed by atoms with van der Waals surface area (Å²) < 4.78 is 31.5. The summed E-state index contributed by atoms with van der Waals surface area (Å²) in [4.78, 5) is 32.3. The number of carbonyl (C=O) groups is 1. The average Bonchev–Trinajstić information content (AvgIpc) is 3.53. The van der Waals surface area contributed by atoms with E-state index in [4.69, 9.17) is 24.2 Å². The number of morpholine rings is 1. The van der Waals surface area contributed by atoms with E-state index in [1.165, 1.54) is 12.1 Å². The number of aromatic nitrogens is 4. The molecular weight excluding hydrogens is 577 g/mol. The number of hydrogen-bond acceptors (Lipinski definition) is 9. The topological polar surface area (TPSA) is 127 Å². The molecule has 236 valence electrons. The van der Waals surface area contributed by atoms with Gasteiger partial charge < -0.3 is 29.8 Å². The summed E-state index contributed by atoms with van der Waals surface area (Å²) in [6, 6.07) is 17.1. The maximum atomic E-state index is 13.8. The van der Waals surface area contributed by atoms with Crippen molar-refractivity contribution in [1.82, 2.24) is 30.2 Å². The summed E-state index contributed by atoms with van der Waals surface area (Å²) in [7, 11) is 0. The van der Waals surface area contributed by atoms with Crippen molar-refractivity contribution in [3.05, 3.63) is 84.1 Å². The van der Waals surface area contributed by atoms with Gasteiger partial charge in [-0.1, -0.05) is 25.1 Å². The van der Waals surface area contributed by atoms with Crippen LogP contribution in [0.4, 0.5) is 10.3 Å². The van der Waals surface area contributed by atoms with Crippen LogP contribution in [0.3, 0.4) is 0 Å². The van der Waals surface area contributed by atoms with Crippen molar-refractivity contribution >= 4 is 11.9 Å². The second-order valence-electron chi connectivity index (χ2n) is 11.7. The van der Waals surface area contributed by atoms with Crippen LogP contribution in [0.1, 0.15) is 35.8 Å². The predicted molar refractivity (Wildman–Crippen MR) is 167 cm³/mol. The number of anilines is 1. The smallest absolute Gasteiger partial charge is 0.251 e. The van der Waals surface area contributed by atoms with Crippen molar-refractivity contribution < 1.29 is 23.4 Å². The minimum absolute atomic E-state index is 0.144. The highest BCUT2D eigenvalue weighted by atomic mass is 19.1. The van der Waals surface area contributed by atoms with E-state index in [0.717, 1.165) is 51.4 Å². The molecule has 6 rings (SSSR count).